The highest BCUT2D eigenvalue weighted by Gasteiger charge is 2.32. The minimum Gasteiger partial charge on any atom is -0.379 e. The number of anilines is 1. The van der Waals surface area contributed by atoms with E-state index in [0.717, 1.165) is 32.8 Å². The Morgan fingerprint density at radius 1 is 1.22 bits per heavy atom. The Balaban J connectivity index is 1.83. The van der Waals surface area contributed by atoms with E-state index in [9.17, 15) is 4.39 Å². The highest BCUT2D eigenvalue weighted by molar-refractivity contribution is 5.30. The first-order chi connectivity index (χ1) is 8.72. The van der Waals surface area contributed by atoms with Crippen LogP contribution in [0.1, 0.15) is 0 Å². The van der Waals surface area contributed by atoms with Crippen LogP contribution in [0.3, 0.4) is 0 Å². The second-order valence-electron chi connectivity index (χ2n) is 5.10. The zero-order chi connectivity index (χ0) is 12.5. The molecular formula is C12H17FN4O. The molecule has 18 heavy (non-hydrogen) atoms. The van der Waals surface area contributed by atoms with Crippen molar-refractivity contribution in [2.75, 3.05) is 44.8 Å². The molecule has 2 aliphatic rings. The zero-order valence-corrected chi connectivity index (χ0v) is 10.4. The fourth-order valence-electron chi connectivity index (χ4n) is 2.68. The molecule has 0 amide bonds. The summed E-state index contributed by atoms with van der Waals surface area (Å²) in [6, 6.07) is 0.353. The molecule has 0 spiro atoms. The van der Waals surface area contributed by atoms with Gasteiger partial charge in [-0.15, -0.1) is 0 Å². The summed E-state index contributed by atoms with van der Waals surface area (Å²) in [5.41, 5.74) is 0. The number of likely N-dealkylation sites (N-methyl/N-ethyl adjacent to an activating group) is 1. The molecule has 0 aromatic carbocycles. The predicted octanol–water partition coefficient (Wildman–Crippen LogP) is 0.382. The van der Waals surface area contributed by atoms with E-state index in [2.05, 4.69) is 26.8 Å². The molecule has 0 saturated carbocycles. The Morgan fingerprint density at radius 2 is 2.00 bits per heavy atom. The van der Waals surface area contributed by atoms with Gasteiger partial charge in [0.25, 0.3) is 0 Å². The number of fused-ring (bicyclic) bond motifs is 3. The lowest BCUT2D eigenvalue weighted by Gasteiger charge is -2.29. The maximum absolute atomic E-state index is 12.9. The van der Waals surface area contributed by atoms with Gasteiger partial charge in [0.05, 0.1) is 31.6 Å². The van der Waals surface area contributed by atoms with Gasteiger partial charge < -0.3 is 9.64 Å². The smallest absolute Gasteiger partial charge is 0.225 e. The van der Waals surface area contributed by atoms with Crippen LogP contribution < -0.4 is 4.90 Å². The number of nitrogens with zero attached hydrogens (tertiary/aromatic N) is 4. The molecule has 2 aliphatic heterocycles. The monoisotopic (exact) mass is 252 g/mol. The Hall–Kier alpha value is -1.27. The summed E-state index contributed by atoms with van der Waals surface area (Å²) >= 11 is 0. The van der Waals surface area contributed by atoms with Crippen LogP contribution >= 0.6 is 0 Å². The molecular weight excluding hydrogens is 235 g/mol. The molecule has 1 aromatic heterocycles. The first-order valence-corrected chi connectivity index (χ1v) is 6.23. The van der Waals surface area contributed by atoms with Gasteiger partial charge in [-0.25, -0.2) is 14.4 Å². The van der Waals surface area contributed by atoms with Crippen LogP contribution in [0.4, 0.5) is 10.3 Å². The van der Waals surface area contributed by atoms with Crippen molar-refractivity contribution in [1.29, 1.82) is 0 Å². The van der Waals surface area contributed by atoms with Gasteiger partial charge in [0.2, 0.25) is 5.95 Å². The van der Waals surface area contributed by atoms with Gasteiger partial charge in [-0.05, 0) is 7.05 Å². The maximum atomic E-state index is 12.9. The topological polar surface area (TPSA) is 41.5 Å². The van der Waals surface area contributed by atoms with Crippen molar-refractivity contribution in [2.45, 2.75) is 6.04 Å². The van der Waals surface area contributed by atoms with E-state index in [1.807, 2.05) is 0 Å². The number of rotatable bonds is 1. The molecule has 0 aliphatic carbocycles. The second-order valence-corrected chi connectivity index (χ2v) is 5.10. The molecule has 3 heterocycles. The van der Waals surface area contributed by atoms with Crippen molar-refractivity contribution in [2.24, 2.45) is 5.92 Å². The van der Waals surface area contributed by atoms with Crippen LogP contribution in [-0.2, 0) is 4.74 Å². The fraction of sp³-hybridized carbons (Fsp3) is 0.667. The molecule has 6 heteroatoms. The summed E-state index contributed by atoms with van der Waals surface area (Å²) in [6.45, 7) is 4.25. The number of hydrogen-bond donors (Lipinski definition) is 0. The van der Waals surface area contributed by atoms with Gasteiger partial charge >= 0.3 is 0 Å². The average molecular weight is 252 g/mol. The first-order valence-electron chi connectivity index (χ1n) is 6.23. The minimum absolute atomic E-state index is 0.353. The lowest BCUT2D eigenvalue weighted by molar-refractivity contribution is 0.0928. The van der Waals surface area contributed by atoms with Crippen LogP contribution in [0, 0.1) is 11.7 Å². The molecule has 0 N–H and O–H groups in total. The lowest BCUT2D eigenvalue weighted by atomic mass is 10.1. The summed E-state index contributed by atoms with van der Waals surface area (Å²) < 4.78 is 18.5. The van der Waals surface area contributed by atoms with E-state index in [1.54, 1.807) is 0 Å². The molecule has 2 atom stereocenters. The summed E-state index contributed by atoms with van der Waals surface area (Å²) in [5, 5.41) is 0. The van der Waals surface area contributed by atoms with Crippen molar-refractivity contribution in [3.63, 3.8) is 0 Å². The number of aromatic nitrogens is 2. The van der Waals surface area contributed by atoms with Crippen molar-refractivity contribution < 1.29 is 9.13 Å². The molecule has 5 nitrogen and oxygen atoms in total. The average Bonchev–Trinajstić information content (AvgIpc) is 2.58. The first kappa shape index (κ1) is 11.8. The highest BCUT2D eigenvalue weighted by atomic mass is 19.1. The normalized spacial score (nSPS) is 29.1. The van der Waals surface area contributed by atoms with Crippen molar-refractivity contribution >= 4 is 5.95 Å². The Labute approximate surface area is 106 Å². The third-order valence-electron chi connectivity index (χ3n) is 3.63. The standard InChI is InChI=1S/C12H17FN4O/c1-16-4-9-5-17(6-11(16)8-18-7-9)12-14-2-10(13)3-15-12/h2-3,9,11H,4-8H2,1H3/t9-,11+/m1/s1. The van der Waals surface area contributed by atoms with Gasteiger partial charge in [0.15, 0.2) is 5.82 Å². The van der Waals surface area contributed by atoms with Gasteiger partial charge in [-0.1, -0.05) is 0 Å². The van der Waals surface area contributed by atoms with E-state index in [1.165, 1.54) is 12.4 Å². The van der Waals surface area contributed by atoms with E-state index in [4.69, 9.17) is 4.74 Å². The number of hydrogen-bond acceptors (Lipinski definition) is 5. The quantitative estimate of drug-likeness (QED) is 0.723. The number of ether oxygens (including phenoxy) is 1. The van der Waals surface area contributed by atoms with Crippen molar-refractivity contribution in [1.82, 2.24) is 14.9 Å². The fourth-order valence-corrected chi connectivity index (χ4v) is 2.68. The molecule has 3 rings (SSSR count). The summed E-state index contributed by atoms with van der Waals surface area (Å²) in [6.07, 6.45) is 2.45. The molecule has 1 aromatic rings. The van der Waals surface area contributed by atoms with Crippen molar-refractivity contribution in [3.05, 3.63) is 18.2 Å². The van der Waals surface area contributed by atoms with E-state index < -0.39 is 5.82 Å². The summed E-state index contributed by atoms with van der Waals surface area (Å²) in [7, 11) is 2.13. The lowest BCUT2D eigenvalue weighted by Crippen LogP contribution is -2.42. The minimum atomic E-state index is -0.394. The van der Waals surface area contributed by atoms with Gasteiger partial charge in [-0.2, -0.15) is 0 Å². The third-order valence-corrected chi connectivity index (χ3v) is 3.63. The maximum Gasteiger partial charge on any atom is 0.225 e. The van der Waals surface area contributed by atoms with E-state index in [-0.39, 0.29) is 0 Å². The summed E-state index contributed by atoms with van der Waals surface area (Å²) in [4.78, 5) is 12.6. The van der Waals surface area contributed by atoms with E-state index in [0.29, 0.717) is 17.9 Å². The van der Waals surface area contributed by atoms with Crippen LogP contribution in [0.15, 0.2) is 12.4 Å². The Morgan fingerprint density at radius 3 is 2.78 bits per heavy atom. The summed E-state index contributed by atoms with van der Waals surface area (Å²) in [5.74, 6) is 0.675. The zero-order valence-electron chi connectivity index (χ0n) is 10.4. The van der Waals surface area contributed by atoms with E-state index >= 15 is 0 Å². The largest absolute Gasteiger partial charge is 0.379 e. The van der Waals surface area contributed by atoms with Gasteiger partial charge in [0, 0.05) is 25.6 Å². The molecule has 0 radical (unpaired) electrons. The van der Waals surface area contributed by atoms with Gasteiger partial charge in [-0.3, -0.25) is 4.90 Å². The molecule has 0 unspecified atom stereocenters. The SMILES string of the molecule is CN1C[C@H]2COC[C@@H]1CN(c1ncc(F)cn1)C2. The van der Waals surface area contributed by atoms with Crippen LogP contribution in [0.5, 0.6) is 0 Å². The molecule has 2 saturated heterocycles. The van der Waals surface area contributed by atoms with Gasteiger partial charge in [0.1, 0.15) is 0 Å². The molecule has 98 valence electrons. The van der Waals surface area contributed by atoms with Crippen molar-refractivity contribution in [3.8, 4) is 0 Å². The Kier molecular flexibility index (Phi) is 3.13. The van der Waals surface area contributed by atoms with Crippen LogP contribution in [0.2, 0.25) is 0 Å². The van der Waals surface area contributed by atoms with Crippen LogP contribution in [0.25, 0.3) is 0 Å². The highest BCUT2D eigenvalue weighted by Crippen LogP contribution is 2.20. The number of halogens is 1. The second kappa shape index (κ2) is 4.78. The van der Waals surface area contributed by atoms with Crippen LogP contribution in [-0.4, -0.2) is 60.8 Å². The molecule has 2 fully saturated rings. The molecule has 2 bridgehead atoms. The third kappa shape index (κ3) is 2.30. The Bertz CT molecular complexity index is 413. The predicted molar refractivity (Wildman–Crippen MR) is 64.9 cm³/mol.